The zero-order chi connectivity index (χ0) is 24.2. The predicted molar refractivity (Wildman–Crippen MR) is 124 cm³/mol. The van der Waals surface area contributed by atoms with E-state index in [1.807, 2.05) is 30.3 Å². The van der Waals surface area contributed by atoms with E-state index >= 15 is 0 Å². The second kappa shape index (κ2) is 9.75. The number of nitrogens with zero attached hydrogens (tertiary/aromatic N) is 4. The first-order chi connectivity index (χ1) is 16.4. The zero-order valence-electron chi connectivity index (χ0n) is 18.3. The quantitative estimate of drug-likeness (QED) is 0.220. The van der Waals surface area contributed by atoms with Gasteiger partial charge in [0, 0.05) is 0 Å². The van der Waals surface area contributed by atoms with E-state index < -0.39 is 17.8 Å². The number of esters is 1. The van der Waals surface area contributed by atoms with Crippen molar-refractivity contribution in [2.75, 3.05) is 17.7 Å². The Morgan fingerprint density at radius 3 is 2.65 bits per heavy atom. The summed E-state index contributed by atoms with van der Waals surface area (Å²) in [5.74, 6) is -2.32. The molecule has 0 fully saturated rings. The normalized spacial score (nSPS) is 10.9. The number of benzene rings is 1. The van der Waals surface area contributed by atoms with E-state index in [1.165, 1.54) is 13.3 Å². The molecule has 4 rings (SSSR count). The van der Waals surface area contributed by atoms with Crippen molar-refractivity contribution < 1.29 is 23.5 Å². The number of thioether (sulfide) groups is 1. The molecular weight excluding hydrogens is 460 g/mol. The molecule has 0 saturated carbocycles. The number of furan rings is 1. The third-order valence-corrected chi connectivity index (χ3v) is 5.74. The van der Waals surface area contributed by atoms with E-state index in [0.717, 1.165) is 17.4 Å². The first kappa shape index (κ1) is 23.0. The largest absolute Gasteiger partial charge is 0.462 e. The Balaban J connectivity index is 1.52. The smallest absolute Gasteiger partial charge is 0.342 e. The highest BCUT2D eigenvalue weighted by Crippen LogP contribution is 2.29. The molecule has 4 aromatic rings. The number of fused-ring (bicyclic) bond motifs is 1. The lowest BCUT2D eigenvalue weighted by Crippen LogP contribution is -2.21. The molecule has 12 heteroatoms. The van der Waals surface area contributed by atoms with Crippen molar-refractivity contribution in [3.05, 3.63) is 59.7 Å². The Morgan fingerprint density at radius 2 is 1.94 bits per heavy atom. The van der Waals surface area contributed by atoms with Crippen molar-refractivity contribution in [2.24, 2.45) is 5.73 Å². The fourth-order valence-electron chi connectivity index (χ4n) is 3.31. The van der Waals surface area contributed by atoms with Crippen LogP contribution in [0.2, 0.25) is 0 Å². The van der Waals surface area contributed by atoms with E-state index in [-0.39, 0.29) is 35.1 Å². The van der Waals surface area contributed by atoms with Gasteiger partial charge in [0.15, 0.2) is 5.65 Å². The van der Waals surface area contributed by atoms with Crippen LogP contribution in [-0.2, 0) is 9.53 Å². The Kier molecular flexibility index (Phi) is 6.59. The van der Waals surface area contributed by atoms with Crippen molar-refractivity contribution >= 4 is 46.5 Å². The van der Waals surface area contributed by atoms with Crippen LogP contribution in [0.4, 0.5) is 5.88 Å². The number of carbonyl (C=O) groups is 3. The van der Waals surface area contributed by atoms with Gasteiger partial charge in [0.05, 0.1) is 29.6 Å². The van der Waals surface area contributed by atoms with Gasteiger partial charge in [0.25, 0.3) is 5.91 Å². The molecule has 0 unspecified atom stereocenters. The number of hydrogen-bond acceptors (Lipinski definition) is 9. The number of nitrogens with two attached hydrogens (primary N) is 1. The van der Waals surface area contributed by atoms with Gasteiger partial charge in [0.1, 0.15) is 28.2 Å². The lowest BCUT2D eigenvalue weighted by atomic mass is 10.1. The van der Waals surface area contributed by atoms with Crippen LogP contribution in [0.5, 0.6) is 0 Å². The van der Waals surface area contributed by atoms with Crippen molar-refractivity contribution in [2.45, 2.75) is 18.9 Å². The maximum absolute atomic E-state index is 12.6. The van der Waals surface area contributed by atoms with Crippen LogP contribution >= 0.6 is 11.8 Å². The predicted octanol–water partition coefficient (Wildman–Crippen LogP) is 2.72. The molecule has 3 N–H and O–H groups in total. The lowest BCUT2D eigenvalue weighted by Gasteiger charge is -2.06. The van der Waals surface area contributed by atoms with Crippen LogP contribution < -0.4 is 11.1 Å². The van der Waals surface area contributed by atoms with Crippen LogP contribution in [0, 0.1) is 6.92 Å². The molecule has 0 atom stereocenters. The van der Waals surface area contributed by atoms with Gasteiger partial charge in [0.2, 0.25) is 11.8 Å². The second-order valence-corrected chi connectivity index (χ2v) is 7.93. The summed E-state index contributed by atoms with van der Waals surface area (Å²) >= 11 is 1.16. The molecule has 1 aromatic carbocycles. The summed E-state index contributed by atoms with van der Waals surface area (Å²) < 4.78 is 12.1. The van der Waals surface area contributed by atoms with Gasteiger partial charge < -0.3 is 14.9 Å². The fraction of sp³-hybridized carbons (Fsp3) is 0.182. The number of nitrogens with one attached hydrogen (secondary N) is 1. The van der Waals surface area contributed by atoms with Gasteiger partial charge in [-0.05, 0) is 26.0 Å². The molecule has 174 valence electrons. The number of aromatic nitrogens is 4. The number of amides is 2. The molecule has 0 bridgehead atoms. The van der Waals surface area contributed by atoms with E-state index in [4.69, 9.17) is 14.9 Å². The first-order valence-corrected chi connectivity index (χ1v) is 11.2. The summed E-state index contributed by atoms with van der Waals surface area (Å²) in [6, 6.07) is 9.51. The average molecular weight is 481 g/mol. The summed E-state index contributed by atoms with van der Waals surface area (Å²) in [5, 5.41) is 8.12. The molecule has 3 aromatic heterocycles. The maximum atomic E-state index is 12.6. The van der Waals surface area contributed by atoms with Gasteiger partial charge in [-0.2, -0.15) is 5.10 Å². The minimum Gasteiger partial charge on any atom is -0.462 e. The summed E-state index contributed by atoms with van der Waals surface area (Å²) in [7, 11) is 0. The Labute approximate surface area is 197 Å². The highest BCUT2D eigenvalue weighted by molar-refractivity contribution is 8.00. The van der Waals surface area contributed by atoms with E-state index in [2.05, 4.69) is 20.4 Å². The van der Waals surface area contributed by atoms with Crippen LogP contribution in [-0.4, -0.2) is 49.9 Å². The monoisotopic (exact) mass is 480 g/mol. The summed E-state index contributed by atoms with van der Waals surface area (Å²) in [6.07, 6.45) is 3.03. The van der Waals surface area contributed by atoms with E-state index in [9.17, 15) is 14.4 Å². The van der Waals surface area contributed by atoms with Gasteiger partial charge in [-0.3, -0.25) is 14.9 Å². The minimum atomic E-state index is -0.923. The molecule has 0 radical (unpaired) electrons. The summed E-state index contributed by atoms with van der Waals surface area (Å²) in [5.41, 5.74) is 6.52. The van der Waals surface area contributed by atoms with E-state index in [0.29, 0.717) is 16.1 Å². The molecule has 11 nitrogen and oxygen atoms in total. The fourth-order valence-corrected chi connectivity index (χ4v) is 4.07. The Morgan fingerprint density at radius 1 is 1.18 bits per heavy atom. The highest BCUT2D eigenvalue weighted by Gasteiger charge is 2.29. The molecule has 2 amide bonds. The molecule has 34 heavy (non-hydrogen) atoms. The number of ether oxygens (including phenoxy) is 1. The molecule has 3 heterocycles. The number of primary amides is 1. The van der Waals surface area contributed by atoms with Crippen LogP contribution in [0.15, 0.2) is 52.3 Å². The van der Waals surface area contributed by atoms with Gasteiger partial charge in [-0.1, -0.05) is 30.0 Å². The molecule has 0 aliphatic rings. The number of anilines is 1. The summed E-state index contributed by atoms with van der Waals surface area (Å²) in [6.45, 7) is 3.21. The third kappa shape index (κ3) is 4.48. The number of hydrogen-bond donors (Lipinski definition) is 2. The Hall–Kier alpha value is -4.19. The highest BCUT2D eigenvalue weighted by atomic mass is 32.2. The van der Waals surface area contributed by atoms with Crippen molar-refractivity contribution in [3.8, 4) is 5.69 Å². The standard InChI is InChI=1S/C22H20N6O5S/c1-3-32-22(31)16-12(2)33-20(17(16)18(23)30)27-15(29)10-34-21-14-9-26-28(19(14)24-11-25-21)13-7-5-4-6-8-13/h4-9,11H,3,10H2,1-2H3,(H2,23,30)(H,27,29). The number of carbonyl (C=O) groups excluding carboxylic acids is 3. The third-order valence-electron chi connectivity index (χ3n) is 4.73. The van der Waals surface area contributed by atoms with E-state index in [1.54, 1.807) is 17.8 Å². The lowest BCUT2D eigenvalue weighted by molar-refractivity contribution is -0.113. The average Bonchev–Trinajstić information content (AvgIpc) is 3.39. The van der Waals surface area contributed by atoms with Crippen LogP contribution in [0.3, 0.4) is 0 Å². The maximum Gasteiger partial charge on any atom is 0.342 e. The van der Waals surface area contributed by atoms with Crippen molar-refractivity contribution in [1.82, 2.24) is 19.7 Å². The van der Waals surface area contributed by atoms with Crippen LogP contribution in [0.1, 0.15) is 33.4 Å². The number of rotatable bonds is 8. The Bertz CT molecular complexity index is 1380. The van der Waals surface area contributed by atoms with Crippen molar-refractivity contribution in [1.29, 1.82) is 0 Å². The number of para-hydroxylation sites is 1. The first-order valence-electron chi connectivity index (χ1n) is 10.2. The van der Waals surface area contributed by atoms with Gasteiger partial charge in [-0.25, -0.2) is 19.4 Å². The molecule has 0 aliphatic carbocycles. The van der Waals surface area contributed by atoms with Crippen molar-refractivity contribution in [3.63, 3.8) is 0 Å². The SMILES string of the molecule is CCOC(=O)c1c(C)oc(NC(=O)CSc2ncnc3c2cnn3-c2ccccc2)c1C(N)=O. The molecule has 0 aliphatic heterocycles. The zero-order valence-corrected chi connectivity index (χ0v) is 19.1. The molecular formula is C22H20N6O5S. The van der Waals surface area contributed by atoms with Gasteiger partial charge in [-0.15, -0.1) is 0 Å². The van der Waals surface area contributed by atoms with Crippen LogP contribution in [0.25, 0.3) is 16.7 Å². The summed E-state index contributed by atoms with van der Waals surface area (Å²) in [4.78, 5) is 45.4. The second-order valence-electron chi connectivity index (χ2n) is 6.97. The molecule has 0 saturated heterocycles. The van der Waals surface area contributed by atoms with Gasteiger partial charge >= 0.3 is 5.97 Å². The molecule has 0 spiro atoms. The number of aryl methyl sites for hydroxylation is 1. The minimum absolute atomic E-state index is 0.0602. The topological polar surface area (TPSA) is 155 Å².